The Balaban J connectivity index is 1.63. The van der Waals surface area contributed by atoms with Crippen molar-refractivity contribution in [1.29, 1.82) is 0 Å². The van der Waals surface area contributed by atoms with Crippen molar-refractivity contribution < 1.29 is 18.3 Å². The number of fused-ring (bicyclic) bond motifs is 1. The summed E-state index contributed by atoms with van der Waals surface area (Å²) >= 11 is 0. The Bertz CT molecular complexity index is 1000. The molecule has 0 radical (unpaired) electrons. The van der Waals surface area contributed by atoms with E-state index in [1.54, 1.807) is 24.3 Å². The predicted molar refractivity (Wildman–Crippen MR) is 103 cm³/mol. The molecular formula is C20H22F3N5O. The Kier molecular flexibility index (Phi) is 5.18. The molecule has 1 aromatic carbocycles. The molecule has 0 aliphatic carbocycles. The zero-order valence-corrected chi connectivity index (χ0v) is 15.9. The molecule has 6 nitrogen and oxygen atoms in total. The van der Waals surface area contributed by atoms with Gasteiger partial charge in [-0.05, 0) is 42.8 Å². The molecule has 3 N–H and O–H groups in total. The number of phenols is 1. The highest BCUT2D eigenvalue weighted by atomic mass is 19.4. The Morgan fingerprint density at radius 3 is 2.72 bits per heavy atom. The van der Waals surface area contributed by atoms with Gasteiger partial charge in [0.25, 0.3) is 0 Å². The number of alkyl halides is 3. The van der Waals surface area contributed by atoms with Gasteiger partial charge in [0.05, 0.1) is 12.1 Å². The minimum absolute atomic E-state index is 0.169. The van der Waals surface area contributed by atoms with Crippen LogP contribution in [-0.4, -0.2) is 57.0 Å². The van der Waals surface area contributed by atoms with E-state index < -0.39 is 18.6 Å². The van der Waals surface area contributed by atoms with Crippen LogP contribution in [0, 0.1) is 6.92 Å². The van der Waals surface area contributed by atoms with Gasteiger partial charge < -0.3 is 10.4 Å². The van der Waals surface area contributed by atoms with Crippen molar-refractivity contribution >= 4 is 11.0 Å². The number of phenolic OH excluding ortho intramolecular Hbond substituents is 1. The number of H-pyrrole nitrogens is 1. The fraction of sp³-hybridized carbons (Fsp3) is 0.400. The number of rotatable bonds is 4. The molecule has 1 unspecified atom stereocenters. The molecule has 3 aromatic rings. The van der Waals surface area contributed by atoms with Gasteiger partial charge in [-0.1, -0.05) is 0 Å². The average molecular weight is 405 g/mol. The summed E-state index contributed by atoms with van der Waals surface area (Å²) in [6.07, 6.45) is -5.02. The van der Waals surface area contributed by atoms with Crippen molar-refractivity contribution in [2.45, 2.75) is 32.1 Å². The van der Waals surface area contributed by atoms with Gasteiger partial charge in [-0.25, -0.2) is 4.98 Å². The van der Waals surface area contributed by atoms with Crippen LogP contribution in [0.1, 0.15) is 17.7 Å². The Labute approximate surface area is 165 Å². The number of aromatic amines is 1. The number of hydrogen-bond donors (Lipinski definition) is 3. The highest BCUT2D eigenvalue weighted by Crippen LogP contribution is 2.28. The molecule has 154 valence electrons. The smallest absolute Gasteiger partial charge is 0.390 e. The number of piperazine rings is 1. The molecule has 2 aromatic heterocycles. The molecule has 1 saturated heterocycles. The standard InChI is InChI=1S/C20H22F3N5O/c1-12-18-14(10-28-7-6-24-15(11-28)9-20(21,22)23)8-17(25-19(18)27-26-12)13-2-4-16(29)5-3-13/h2-5,8,15,24,29H,6-7,9-11H2,1H3,(H,25,26,27). The zero-order chi connectivity index (χ0) is 20.6. The molecule has 29 heavy (non-hydrogen) atoms. The maximum absolute atomic E-state index is 12.8. The van der Waals surface area contributed by atoms with Crippen molar-refractivity contribution in [3.63, 3.8) is 0 Å². The van der Waals surface area contributed by atoms with Crippen LogP contribution in [-0.2, 0) is 6.54 Å². The van der Waals surface area contributed by atoms with E-state index in [2.05, 4.69) is 20.5 Å². The van der Waals surface area contributed by atoms with Gasteiger partial charge in [0, 0.05) is 48.9 Å². The van der Waals surface area contributed by atoms with E-state index in [1.165, 1.54) is 0 Å². The van der Waals surface area contributed by atoms with Crippen molar-refractivity contribution in [3.05, 3.63) is 41.6 Å². The van der Waals surface area contributed by atoms with E-state index in [1.807, 2.05) is 17.9 Å². The molecule has 1 aliphatic rings. The van der Waals surface area contributed by atoms with Crippen LogP contribution in [0.5, 0.6) is 5.75 Å². The minimum Gasteiger partial charge on any atom is -0.508 e. The molecule has 4 rings (SSSR count). The molecule has 1 atom stereocenters. The quantitative estimate of drug-likeness (QED) is 0.621. The van der Waals surface area contributed by atoms with Gasteiger partial charge in [0.1, 0.15) is 5.75 Å². The van der Waals surface area contributed by atoms with Crippen molar-refractivity contribution in [3.8, 4) is 17.0 Å². The molecule has 1 fully saturated rings. The predicted octanol–water partition coefficient (Wildman–Crippen LogP) is 3.37. The van der Waals surface area contributed by atoms with E-state index in [9.17, 15) is 18.3 Å². The molecule has 0 amide bonds. The summed E-state index contributed by atoms with van der Waals surface area (Å²) in [6.45, 7) is 3.94. The van der Waals surface area contributed by atoms with E-state index in [4.69, 9.17) is 0 Å². The fourth-order valence-corrected chi connectivity index (χ4v) is 3.86. The third kappa shape index (κ3) is 4.51. The highest BCUT2D eigenvalue weighted by Gasteiger charge is 2.34. The summed E-state index contributed by atoms with van der Waals surface area (Å²) < 4.78 is 38.4. The lowest BCUT2D eigenvalue weighted by Crippen LogP contribution is -2.51. The number of nitrogens with zero attached hydrogens (tertiary/aromatic N) is 3. The number of aryl methyl sites for hydroxylation is 1. The summed E-state index contributed by atoms with van der Waals surface area (Å²) in [4.78, 5) is 6.65. The summed E-state index contributed by atoms with van der Waals surface area (Å²) in [6, 6.07) is 8.08. The first-order valence-electron chi connectivity index (χ1n) is 9.45. The fourth-order valence-electron chi connectivity index (χ4n) is 3.86. The SMILES string of the molecule is Cc1[nH]nc2nc(-c3ccc(O)cc3)cc(CN3CCNC(CC(F)(F)F)C3)c12. The van der Waals surface area contributed by atoms with Gasteiger partial charge in [0.15, 0.2) is 5.65 Å². The summed E-state index contributed by atoms with van der Waals surface area (Å²) in [5.74, 6) is 0.169. The second-order valence-corrected chi connectivity index (χ2v) is 7.47. The second kappa shape index (κ2) is 7.64. The van der Waals surface area contributed by atoms with Gasteiger partial charge >= 0.3 is 6.18 Å². The number of halogens is 3. The van der Waals surface area contributed by atoms with Gasteiger partial charge in [-0.15, -0.1) is 0 Å². The summed E-state index contributed by atoms with van der Waals surface area (Å²) in [5.41, 5.74) is 3.96. The molecule has 0 saturated carbocycles. The highest BCUT2D eigenvalue weighted by molar-refractivity contribution is 5.84. The van der Waals surface area contributed by atoms with Crippen LogP contribution in [0.3, 0.4) is 0 Å². The third-order valence-electron chi connectivity index (χ3n) is 5.16. The topological polar surface area (TPSA) is 77.1 Å². The van der Waals surface area contributed by atoms with Gasteiger partial charge in [0.2, 0.25) is 0 Å². The van der Waals surface area contributed by atoms with Crippen LogP contribution in [0.2, 0.25) is 0 Å². The first-order valence-corrected chi connectivity index (χ1v) is 9.45. The van der Waals surface area contributed by atoms with E-state index in [-0.39, 0.29) is 5.75 Å². The third-order valence-corrected chi connectivity index (χ3v) is 5.16. The monoisotopic (exact) mass is 405 g/mol. The number of benzene rings is 1. The number of nitrogens with one attached hydrogen (secondary N) is 2. The lowest BCUT2D eigenvalue weighted by atomic mass is 10.0. The lowest BCUT2D eigenvalue weighted by Gasteiger charge is -2.34. The number of hydrogen-bond acceptors (Lipinski definition) is 5. The number of aromatic hydroxyl groups is 1. The normalized spacial score (nSPS) is 18.4. The minimum atomic E-state index is -4.18. The van der Waals surface area contributed by atoms with Gasteiger partial charge in [-0.2, -0.15) is 18.3 Å². The molecule has 9 heteroatoms. The zero-order valence-electron chi connectivity index (χ0n) is 15.9. The molecule has 3 heterocycles. The molecule has 0 bridgehead atoms. The first kappa shape index (κ1) is 19.7. The van der Waals surface area contributed by atoms with Crippen LogP contribution in [0.15, 0.2) is 30.3 Å². The Morgan fingerprint density at radius 2 is 2.00 bits per heavy atom. The Morgan fingerprint density at radius 1 is 1.24 bits per heavy atom. The van der Waals surface area contributed by atoms with E-state index >= 15 is 0 Å². The number of aromatic nitrogens is 3. The van der Waals surface area contributed by atoms with E-state index in [0.29, 0.717) is 37.5 Å². The van der Waals surface area contributed by atoms with Crippen molar-refractivity contribution in [2.24, 2.45) is 0 Å². The summed E-state index contributed by atoms with van der Waals surface area (Å²) in [5, 5.41) is 20.6. The maximum Gasteiger partial charge on any atom is 0.390 e. The van der Waals surface area contributed by atoms with Gasteiger partial charge in [-0.3, -0.25) is 10.00 Å². The van der Waals surface area contributed by atoms with Crippen molar-refractivity contribution in [2.75, 3.05) is 19.6 Å². The molecule has 0 spiro atoms. The lowest BCUT2D eigenvalue weighted by molar-refractivity contribution is -0.142. The Hall–Kier alpha value is -2.65. The first-order chi connectivity index (χ1) is 13.8. The van der Waals surface area contributed by atoms with Crippen molar-refractivity contribution in [1.82, 2.24) is 25.4 Å². The average Bonchev–Trinajstić information content (AvgIpc) is 3.02. The maximum atomic E-state index is 12.8. The molecule has 1 aliphatic heterocycles. The van der Waals surface area contributed by atoms with E-state index in [0.717, 1.165) is 22.2 Å². The largest absolute Gasteiger partial charge is 0.508 e. The summed E-state index contributed by atoms with van der Waals surface area (Å²) in [7, 11) is 0. The molecular weight excluding hydrogens is 383 g/mol. The van der Waals surface area contributed by atoms with Crippen LogP contribution in [0.25, 0.3) is 22.3 Å². The second-order valence-electron chi connectivity index (χ2n) is 7.47. The van der Waals surface area contributed by atoms with Crippen LogP contribution < -0.4 is 5.32 Å². The van der Waals surface area contributed by atoms with Crippen LogP contribution in [0.4, 0.5) is 13.2 Å². The number of pyridine rings is 1. The van der Waals surface area contributed by atoms with Crippen LogP contribution >= 0.6 is 0 Å².